The lowest BCUT2D eigenvalue weighted by Crippen LogP contribution is -2.86. The zero-order valence-electron chi connectivity index (χ0n) is 10.7. The molecular formula is C11H24N2Si2. The van der Waals surface area contributed by atoms with Crippen molar-refractivity contribution in [2.24, 2.45) is 0 Å². The van der Waals surface area contributed by atoms with E-state index in [0.29, 0.717) is 12.1 Å². The summed E-state index contributed by atoms with van der Waals surface area (Å²) in [5, 5.41) is 0. The normalized spacial score (nSPS) is 33.1. The maximum atomic E-state index is 4.05. The number of rotatable bonds is 4. The summed E-state index contributed by atoms with van der Waals surface area (Å²) >= 11 is 0. The van der Waals surface area contributed by atoms with Crippen molar-refractivity contribution in [2.45, 2.75) is 46.3 Å². The minimum Gasteiger partial charge on any atom is -0.316 e. The van der Waals surface area contributed by atoms with Crippen LogP contribution in [-0.4, -0.2) is 38.1 Å². The summed E-state index contributed by atoms with van der Waals surface area (Å²) in [6.07, 6.45) is 0. The monoisotopic (exact) mass is 240 g/mol. The molecule has 0 bridgehead atoms. The van der Waals surface area contributed by atoms with Gasteiger partial charge in [-0.15, -0.1) is 13.2 Å². The minimum atomic E-state index is -1.52. The molecule has 1 aliphatic rings. The second kappa shape index (κ2) is 4.37. The number of hydrogen-bond donors (Lipinski definition) is 0. The fourth-order valence-electron chi connectivity index (χ4n) is 2.84. The lowest BCUT2D eigenvalue weighted by molar-refractivity contribution is 0.339. The average Bonchev–Trinajstić information content (AvgIpc) is 2.11. The van der Waals surface area contributed by atoms with Crippen LogP contribution in [0.15, 0.2) is 24.6 Å². The summed E-state index contributed by atoms with van der Waals surface area (Å²) in [4.78, 5) is 0. The molecule has 0 aliphatic carbocycles. The molecule has 86 valence electrons. The third-order valence-electron chi connectivity index (χ3n) is 3.33. The average molecular weight is 240 g/mol. The van der Waals surface area contributed by atoms with Crippen LogP contribution in [0.2, 0.25) is 6.55 Å². The molecule has 0 spiro atoms. The van der Waals surface area contributed by atoms with Gasteiger partial charge in [0.1, 0.15) is 0 Å². The van der Waals surface area contributed by atoms with Crippen LogP contribution in [0.5, 0.6) is 0 Å². The van der Waals surface area contributed by atoms with Crippen LogP contribution in [0.3, 0.4) is 0 Å². The van der Waals surface area contributed by atoms with Crippen molar-refractivity contribution in [3.8, 4) is 0 Å². The van der Waals surface area contributed by atoms with Crippen LogP contribution < -0.4 is 0 Å². The van der Waals surface area contributed by atoms with E-state index >= 15 is 0 Å². The summed E-state index contributed by atoms with van der Waals surface area (Å²) in [6.45, 7) is 19.6. The maximum absolute atomic E-state index is 4.05. The van der Waals surface area contributed by atoms with Gasteiger partial charge in [0.25, 0.3) is 0 Å². The van der Waals surface area contributed by atoms with E-state index in [2.05, 4.69) is 67.3 Å². The lowest BCUT2D eigenvalue weighted by atomic mass is 10.4. The van der Waals surface area contributed by atoms with Crippen LogP contribution >= 0.6 is 0 Å². The quantitative estimate of drug-likeness (QED) is 0.695. The van der Waals surface area contributed by atoms with Crippen molar-refractivity contribution in [2.75, 3.05) is 0 Å². The molecular weight excluding hydrogens is 216 g/mol. The van der Waals surface area contributed by atoms with Crippen molar-refractivity contribution in [1.29, 1.82) is 0 Å². The van der Waals surface area contributed by atoms with Crippen LogP contribution in [0, 0.1) is 0 Å². The van der Waals surface area contributed by atoms with Gasteiger partial charge in [-0.05, 0) is 18.6 Å². The zero-order valence-corrected chi connectivity index (χ0v) is 12.9. The van der Waals surface area contributed by atoms with E-state index in [0.717, 1.165) is 0 Å². The SMILES string of the molecule is C=C[SiH]1N(C(C)C)[Si](C)(C=C)N1C(C)C. The summed E-state index contributed by atoms with van der Waals surface area (Å²) in [7, 11) is -2.57. The fraction of sp³-hybridized carbons (Fsp3) is 0.636. The van der Waals surface area contributed by atoms with Gasteiger partial charge in [-0.2, -0.15) is 0 Å². The molecule has 4 heteroatoms. The lowest BCUT2D eigenvalue weighted by Gasteiger charge is -2.64. The number of hydrogen-bond acceptors (Lipinski definition) is 2. The predicted molar refractivity (Wildman–Crippen MR) is 73.1 cm³/mol. The van der Waals surface area contributed by atoms with Crippen LogP contribution in [0.4, 0.5) is 0 Å². The zero-order chi connectivity index (χ0) is 11.8. The Balaban J connectivity index is 3.00. The van der Waals surface area contributed by atoms with Crippen molar-refractivity contribution in [3.63, 3.8) is 0 Å². The standard InChI is InChI=1S/C11H24N2Si2/c1-8-14-12(10(3)4)15(7,9-2)13(14)11(5)6/h8-11,14H,1-2H2,3-7H3. The summed E-state index contributed by atoms with van der Waals surface area (Å²) in [5.74, 6) is 0. The van der Waals surface area contributed by atoms with E-state index in [1.807, 2.05) is 0 Å². The molecule has 1 rings (SSSR count). The molecule has 0 aromatic heterocycles. The molecule has 1 fully saturated rings. The van der Waals surface area contributed by atoms with Gasteiger partial charge in [0.2, 0.25) is 17.5 Å². The Morgan fingerprint density at radius 3 is 1.67 bits per heavy atom. The highest BCUT2D eigenvalue weighted by atomic mass is 28.5. The molecule has 0 N–H and O–H groups in total. The summed E-state index contributed by atoms with van der Waals surface area (Å²) in [6, 6.07) is 1.26. The second-order valence-electron chi connectivity index (χ2n) is 4.95. The Kier molecular flexibility index (Phi) is 3.76. The van der Waals surface area contributed by atoms with Gasteiger partial charge in [-0.3, -0.25) is 0 Å². The third-order valence-corrected chi connectivity index (χ3v) is 14.7. The molecule has 15 heavy (non-hydrogen) atoms. The molecule has 0 radical (unpaired) electrons. The molecule has 1 aliphatic heterocycles. The Hall–Kier alpha value is -0.166. The van der Waals surface area contributed by atoms with E-state index in [4.69, 9.17) is 0 Å². The smallest absolute Gasteiger partial charge is 0.217 e. The van der Waals surface area contributed by atoms with Crippen molar-refractivity contribution >= 4 is 17.5 Å². The Morgan fingerprint density at radius 1 is 1.07 bits per heavy atom. The molecule has 0 unspecified atom stereocenters. The van der Waals surface area contributed by atoms with Crippen LogP contribution in [0.25, 0.3) is 0 Å². The van der Waals surface area contributed by atoms with Gasteiger partial charge in [0.05, 0.1) is 0 Å². The van der Waals surface area contributed by atoms with E-state index < -0.39 is 17.5 Å². The fourth-order valence-corrected chi connectivity index (χ4v) is 13.8. The Labute approximate surface area is 97.2 Å². The van der Waals surface area contributed by atoms with Crippen molar-refractivity contribution < 1.29 is 0 Å². The van der Waals surface area contributed by atoms with Gasteiger partial charge in [0, 0.05) is 0 Å². The first-order valence-electron chi connectivity index (χ1n) is 5.73. The topological polar surface area (TPSA) is 6.48 Å². The molecule has 1 heterocycles. The highest BCUT2D eigenvalue weighted by molar-refractivity contribution is 7.00. The van der Waals surface area contributed by atoms with Gasteiger partial charge >= 0.3 is 0 Å². The number of nitrogens with zero attached hydrogens (tertiary/aromatic N) is 2. The Morgan fingerprint density at radius 2 is 1.47 bits per heavy atom. The highest BCUT2D eigenvalue weighted by Gasteiger charge is 2.57. The van der Waals surface area contributed by atoms with E-state index in [1.54, 1.807) is 0 Å². The first-order valence-corrected chi connectivity index (χ1v) is 9.90. The van der Waals surface area contributed by atoms with E-state index in [1.165, 1.54) is 0 Å². The van der Waals surface area contributed by atoms with E-state index in [-0.39, 0.29) is 0 Å². The molecule has 1 saturated heterocycles. The molecule has 0 aromatic carbocycles. The predicted octanol–water partition coefficient (Wildman–Crippen LogP) is 2.16. The van der Waals surface area contributed by atoms with Crippen molar-refractivity contribution in [1.82, 2.24) is 8.46 Å². The Bertz CT molecular complexity index is 247. The van der Waals surface area contributed by atoms with Crippen LogP contribution in [-0.2, 0) is 0 Å². The van der Waals surface area contributed by atoms with Gasteiger partial charge in [-0.25, -0.2) is 0 Å². The molecule has 0 atom stereocenters. The first-order chi connectivity index (χ1) is 6.90. The molecule has 0 amide bonds. The van der Waals surface area contributed by atoms with Gasteiger partial charge in [0.15, 0.2) is 0 Å². The highest BCUT2D eigenvalue weighted by Crippen LogP contribution is 2.35. The largest absolute Gasteiger partial charge is 0.316 e. The van der Waals surface area contributed by atoms with Gasteiger partial charge in [-0.1, -0.05) is 39.1 Å². The van der Waals surface area contributed by atoms with Crippen LogP contribution in [0.1, 0.15) is 27.7 Å². The minimum absolute atomic E-state index is 0.629. The van der Waals surface area contributed by atoms with Gasteiger partial charge < -0.3 is 8.46 Å². The second-order valence-corrected chi connectivity index (χ2v) is 12.0. The maximum Gasteiger partial charge on any atom is 0.217 e. The van der Waals surface area contributed by atoms with Crippen molar-refractivity contribution in [3.05, 3.63) is 24.6 Å². The third kappa shape index (κ3) is 1.80. The molecule has 0 aromatic rings. The summed E-state index contributed by atoms with van der Waals surface area (Å²) in [5.41, 5.74) is 4.40. The first kappa shape index (κ1) is 12.9. The summed E-state index contributed by atoms with van der Waals surface area (Å²) < 4.78 is 5.43. The molecule has 0 saturated carbocycles. The van der Waals surface area contributed by atoms with E-state index in [9.17, 15) is 0 Å². The molecule has 2 nitrogen and oxygen atoms in total.